The largest absolute Gasteiger partial charge is 0.484 e. The molecule has 128 valence electrons. The lowest BCUT2D eigenvalue weighted by molar-refractivity contribution is -0.386. The summed E-state index contributed by atoms with van der Waals surface area (Å²) in [7, 11) is 0. The van der Waals surface area contributed by atoms with Gasteiger partial charge in [-0.15, -0.1) is 0 Å². The van der Waals surface area contributed by atoms with E-state index in [4.69, 9.17) is 17.9 Å². The number of aromatic nitrogens is 1. The van der Waals surface area contributed by atoms with Crippen LogP contribution in [0.3, 0.4) is 0 Å². The van der Waals surface area contributed by atoms with E-state index in [1.54, 1.807) is 26.1 Å². The number of nitro benzene ring substituents is 1. The third kappa shape index (κ3) is 6.13. The van der Waals surface area contributed by atoms with Crippen molar-refractivity contribution in [3.05, 3.63) is 52.2 Å². The Kier molecular flexibility index (Phi) is 7.50. The highest BCUT2D eigenvalue weighted by Gasteiger charge is 2.17. The summed E-state index contributed by atoms with van der Waals surface area (Å²) >= 11 is -0.750. The van der Waals surface area contributed by atoms with Gasteiger partial charge in [-0.3, -0.25) is 10.1 Å². The van der Waals surface area contributed by atoms with Crippen LogP contribution < -0.4 is 9.47 Å². The van der Waals surface area contributed by atoms with Crippen molar-refractivity contribution in [2.24, 2.45) is 0 Å². The Morgan fingerprint density at radius 1 is 1.21 bits per heavy atom. The number of aryl methyl sites for hydroxylation is 1. The first-order valence-electron chi connectivity index (χ1n) is 6.84. The van der Waals surface area contributed by atoms with Gasteiger partial charge in [0.2, 0.25) is 11.6 Å². The van der Waals surface area contributed by atoms with Gasteiger partial charge < -0.3 is 9.47 Å². The van der Waals surface area contributed by atoms with E-state index in [0.717, 1.165) is 5.56 Å². The van der Waals surface area contributed by atoms with Crippen LogP contribution in [0.1, 0.15) is 19.4 Å². The van der Waals surface area contributed by atoms with E-state index < -0.39 is 16.5 Å². The van der Waals surface area contributed by atoms with Gasteiger partial charge in [-0.25, -0.2) is 4.98 Å². The summed E-state index contributed by atoms with van der Waals surface area (Å²) in [5.74, 6) is 1.04. The summed E-state index contributed by atoms with van der Waals surface area (Å²) in [4.78, 5) is 14.6. The highest BCUT2D eigenvalue weighted by molar-refractivity contribution is 7.51. The molecule has 0 radical (unpaired) electrons. The third-order valence-corrected chi connectivity index (χ3v) is 2.60. The molecule has 1 heterocycles. The fourth-order valence-corrected chi connectivity index (χ4v) is 1.69. The maximum absolute atomic E-state index is 11.0. The standard InChI is InChI=1S/C15H16N2O4.O2S/c1-10(2)20-14-8-12(5-6-13(14)17(18)19)21-15-7-4-11(3)9-16-15;1-3-2/h4-10H,1-3H3;. The molecule has 0 saturated carbocycles. The highest BCUT2D eigenvalue weighted by Crippen LogP contribution is 2.33. The monoisotopic (exact) mass is 352 g/mol. The summed E-state index contributed by atoms with van der Waals surface area (Å²) in [6.45, 7) is 5.54. The second-order valence-electron chi connectivity index (χ2n) is 4.90. The Bertz CT molecular complexity index is 727. The molecule has 24 heavy (non-hydrogen) atoms. The average molecular weight is 352 g/mol. The Hall–Kier alpha value is -2.81. The smallest absolute Gasteiger partial charge is 0.335 e. The Morgan fingerprint density at radius 2 is 1.88 bits per heavy atom. The molecule has 0 atom stereocenters. The van der Waals surface area contributed by atoms with Crippen molar-refractivity contribution in [1.29, 1.82) is 0 Å². The Labute approximate surface area is 142 Å². The lowest BCUT2D eigenvalue weighted by Gasteiger charge is -2.11. The summed E-state index contributed by atoms with van der Waals surface area (Å²) in [5.41, 5.74) is 0.933. The molecular weight excluding hydrogens is 336 g/mol. The van der Waals surface area contributed by atoms with Gasteiger partial charge in [0, 0.05) is 24.4 Å². The van der Waals surface area contributed by atoms with Crippen LogP contribution in [0.5, 0.6) is 17.4 Å². The van der Waals surface area contributed by atoms with Crippen molar-refractivity contribution in [2.45, 2.75) is 26.9 Å². The SMILES string of the molecule is Cc1ccc(Oc2ccc([N+](=O)[O-])c(OC(C)C)c2)nc1.O=S=O. The minimum atomic E-state index is -0.750. The van der Waals surface area contributed by atoms with E-state index in [1.807, 2.05) is 13.0 Å². The molecule has 0 aliphatic rings. The summed E-state index contributed by atoms with van der Waals surface area (Å²) in [6.07, 6.45) is 1.52. The van der Waals surface area contributed by atoms with Gasteiger partial charge in [-0.05, 0) is 32.4 Å². The Morgan fingerprint density at radius 3 is 2.38 bits per heavy atom. The number of hydrogen-bond donors (Lipinski definition) is 0. The van der Waals surface area contributed by atoms with Crippen LogP contribution >= 0.6 is 0 Å². The van der Waals surface area contributed by atoms with Crippen molar-refractivity contribution in [2.75, 3.05) is 0 Å². The molecule has 2 aromatic rings. The van der Waals surface area contributed by atoms with Crippen molar-refractivity contribution in [3.63, 3.8) is 0 Å². The second kappa shape index (κ2) is 9.36. The lowest BCUT2D eigenvalue weighted by Crippen LogP contribution is -2.07. The molecule has 0 fully saturated rings. The number of nitro groups is 1. The fourth-order valence-electron chi connectivity index (χ4n) is 1.69. The molecule has 0 aliphatic heterocycles. The van der Waals surface area contributed by atoms with Crippen LogP contribution in [0.25, 0.3) is 0 Å². The molecule has 0 N–H and O–H groups in total. The predicted octanol–water partition coefficient (Wildman–Crippen LogP) is 3.21. The van der Waals surface area contributed by atoms with Gasteiger partial charge in [-0.2, -0.15) is 8.42 Å². The van der Waals surface area contributed by atoms with Gasteiger partial charge in [0.1, 0.15) is 5.75 Å². The van der Waals surface area contributed by atoms with Crippen LogP contribution in [0, 0.1) is 17.0 Å². The first kappa shape index (κ1) is 19.2. The maximum Gasteiger partial charge on any atom is 0.335 e. The van der Waals surface area contributed by atoms with Gasteiger partial charge in [0.05, 0.1) is 11.0 Å². The number of hydrogen-bond acceptors (Lipinski definition) is 7. The van der Waals surface area contributed by atoms with Crippen LogP contribution in [0.2, 0.25) is 0 Å². The molecule has 0 amide bonds. The lowest BCUT2D eigenvalue weighted by atomic mass is 10.2. The fraction of sp³-hybridized carbons (Fsp3) is 0.267. The van der Waals surface area contributed by atoms with Crippen LogP contribution in [-0.4, -0.2) is 24.4 Å². The third-order valence-electron chi connectivity index (χ3n) is 2.60. The van der Waals surface area contributed by atoms with E-state index >= 15 is 0 Å². The quantitative estimate of drug-likeness (QED) is 0.600. The van der Waals surface area contributed by atoms with Crippen molar-refractivity contribution < 1.29 is 22.8 Å². The van der Waals surface area contributed by atoms with Crippen LogP contribution in [0.4, 0.5) is 5.69 Å². The van der Waals surface area contributed by atoms with Crippen molar-refractivity contribution in [1.82, 2.24) is 4.98 Å². The number of ether oxygens (including phenoxy) is 2. The summed E-state index contributed by atoms with van der Waals surface area (Å²) in [5, 5.41) is 11.0. The van der Waals surface area contributed by atoms with Gasteiger partial charge in [0.15, 0.2) is 0 Å². The molecule has 1 aromatic heterocycles. The molecule has 0 aliphatic carbocycles. The molecular formula is C15H16N2O6S. The molecule has 0 unspecified atom stereocenters. The zero-order valence-electron chi connectivity index (χ0n) is 13.3. The summed E-state index contributed by atoms with van der Waals surface area (Å²) < 4.78 is 27.6. The van der Waals surface area contributed by atoms with Gasteiger partial charge in [-0.1, -0.05) is 6.07 Å². The second-order valence-corrected chi connectivity index (χ2v) is 5.03. The van der Waals surface area contributed by atoms with Crippen molar-refractivity contribution >= 4 is 17.3 Å². The number of rotatable bonds is 5. The molecule has 0 saturated heterocycles. The first-order chi connectivity index (χ1) is 11.4. The predicted molar refractivity (Wildman–Crippen MR) is 86.8 cm³/mol. The molecule has 2 rings (SSSR count). The number of benzene rings is 1. The number of pyridine rings is 1. The minimum absolute atomic E-state index is 0.0899. The van der Waals surface area contributed by atoms with E-state index in [1.165, 1.54) is 18.2 Å². The molecule has 9 heteroatoms. The van der Waals surface area contributed by atoms with Crippen LogP contribution in [0.15, 0.2) is 36.5 Å². The van der Waals surface area contributed by atoms with E-state index in [2.05, 4.69) is 4.98 Å². The highest BCUT2D eigenvalue weighted by atomic mass is 32.1. The minimum Gasteiger partial charge on any atom is -0.484 e. The molecule has 0 bridgehead atoms. The van der Waals surface area contributed by atoms with Crippen molar-refractivity contribution in [3.8, 4) is 17.4 Å². The van der Waals surface area contributed by atoms with Gasteiger partial charge >= 0.3 is 17.3 Å². The maximum atomic E-state index is 11.0. The normalized spacial score (nSPS) is 9.67. The van der Waals surface area contributed by atoms with E-state index in [9.17, 15) is 10.1 Å². The zero-order chi connectivity index (χ0) is 18.1. The molecule has 1 aromatic carbocycles. The average Bonchev–Trinajstić information content (AvgIpc) is 2.50. The topological polar surface area (TPSA) is 109 Å². The Balaban J connectivity index is 0.000000891. The van der Waals surface area contributed by atoms with E-state index in [0.29, 0.717) is 11.6 Å². The molecule has 0 spiro atoms. The van der Waals surface area contributed by atoms with Crippen LogP contribution in [-0.2, 0) is 11.6 Å². The van der Waals surface area contributed by atoms with Gasteiger partial charge in [0.25, 0.3) is 0 Å². The zero-order valence-corrected chi connectivity index (χ0v) is 14.1. The summed E-state index contributed by atoms with van der Waals surface area (Å²) in [6, 6.07) is 7.99. The van der Waals surface area contributed by atoms with E-state index in [-0.39, 0.29) is 17.5 Å². The first-order valence-corrected chi connectivity index (χ1v) is 7.51. The molecule has 8 nitrogen and oxygen atoms in total. The number of nitrogens with zero attached hydrogens (tertiary/aromatic N) is 2.